The topological polar surface area (TPSA) is 55.1 Å². The maximum absolute atomic E-state index is 12.7. The first-order chi connectivity index (χ1) is 8.79. The molecule has 4 nitrogen and oxygen atoms in total. The molecule has 0 unspecified atom stereocenters. The van der Waals surface area contributed by atoms with Gasteiger partial charge in [-0.25, -0.2) is 9.78 Å². The molecule has 1 N–H and O–H groups in total. The van der Waals surface area contributed by atoms with Crippen LogP contribution in [-0.4, -0.2) is 20.6 Å². The van der Waals surface area contributed by atoms with E-state index in [4.69, 9.17) is 5.11 Å². The van der Waals surface area contributed by atoms with Crippen LogP contribution in [0.2, 0.25) is 0 Å². The number of carbonyl (C=O) groups is 1. The third kappa shape index (κ3) is 2.59. The minimum atomic E-state index is -4.72. The van der Waals surface area contributed by atoms with Crippen LogP contribution in [0.15, 0.2) is 30.6 Å². The summed E-state index contributed by atoms with van der Waals surface area (Å²) in [6.07, 6.45) is -3.08. The summed E-state index contributed by atoms with van der Waals surface area (Å²) in [5.74, 6) is -1.39. The van der Waals surface area contributed by atoms with E-state index in [9.17, 15) is 18.0 Å². The Balaban J connectivity index is 2.58. The first-order valence-electron chi connectivity index (χ1n) is 5.25. The Labute approximate surface area is 106 Å². The van der Waals surface area contributed by atoms with Gasteiger partial charge in [-0.1, -0.05) is 6.07 Å². The van der Waals surface area contributed by atoms with Crippen LogP contribution in [0, 0.1) is 6.92 Å². The Morgan fingerprint density at radius 2 is 2.00 bits per heavy atom. The number of halogens is 3. The fourth-order valence-corrected chi connectivity index (χ4v) is 1.66. The van der Waals surface area contributed by atoms with Gasteiger partial charge in [0.1, 0.15) is 5.82 Å². The fourth-order valence-electron chi connectivity index (χ4n) is 1.66. The summed E-state index contributed by atoms with van der Waals surface area (Å²) >= 11 is 0. The lowest BCUT2D eigenvalue weighted by Gasteiger charge is -2.04. The van der Waals surface area contributed by atoms with E-state index in [1.54, 1.807) is 19.1 Å². The highest BCUT2D eigenvalue weighted by molar-refractivity contribution is 5.89. The third-order valence-electron chi connectivity index (χ3n) is 2.50. The molecule has 0 radical (unpaired) electrons. The van der Waals surface area contributed by atoms with Crippen molar-refractivity contribution in [3.8, 4) is 5.82 Å². The highest BCUT2D eigenvalue weighted by Crippen LogP contribution is 2.33. The van der Waals surface area contributed by atoms with Gasteiger partial charge >= 0.3 is 12.1 Å². The lowest BCUT2D eigenvalue weighted by atomic mass is 10.2. The second-order valence-corrected chi connectivity index (χ2v) is 3.93. The number of hydrogen-bond acceptors (Lipinski definition) is 2. The molecule has 0 atom stereocenters. The molecule has 2 rings (SSSR count). The molecule has 0 aliphatic rings. The molecule has 2 aromatic heterocycles. The number of rotatable bonds is 2. The Kier molecular flexibility index (Phi) is 3.05. The predicted octanol–water partition coefficient (Wildman–Crippen LogP) is 2.90. The molecule has 0 fully saturated rings. The minimum absolute atomic E-state index is 0.234. The van der Waals surface area contributed by atoms with Gasteiger partial charge in [0.15, 0.2) is 0 Å². The fraction of sp³-hybridized carbons (Fsp3) is 0.167. The van der Waals surface area contributed by atoms with Crippen LogP contribution in [0.5, 0.6) is 0 Å². The summed E-state index contributed by atoms with van der Waals surface area (Å²) in [7, 11) is 0. The van der Waals surface area contributed by atoms with Gasteiger partial charge in [0.2, 0.25) is 0 Å². The Hall–Kier alpha value is -2.31. The quantitative estimate of drug-likeness (QED) is 0.912. The standard InChI is InChI=1S/C12H9F3N2O2/c1-7-3-2-4-10(16-7)17-5-8(11(18)19)9(6-17)12(13,14)15/h2-6H,1H3,(H,18,19). The lowest BCUT2D eigenvalue weighted by molar-refractivity contribution is -0.138. The molecule has 0 amide bonds. The molecule has 0 aliphatic carbocycles. The summed E-state index contributed by atoms with van der Waals surface area (Å²) in [4.78, 5) is 14.9. The first-order valence-corrected chi connectivity index (χ1v) is 5.25. The second-order valence-electron chi connectivity index (χ2n) is 3.93. The highest BCUT2D eigenvalue weighted by atomic mass is 19.4. The average molecular weight is 270 g/mol. The minimum Gasteiger partial charge on any atom is -0.478 e. The third-order valence-corrected chi connectivity index (χ3v) is 2.50. The summed E-state index contributed by atoms with van der Waals surface area (Å²) in [5.41, 5.74) is -1.37. The van der Waals surface area contributed by atoms with Crippen molar-refractivity contribution in [3.63, 3.8) is 0 Å². The van der Waals surface area contributed by atoms with Crippen LogP contribution >= 0.6 is 0 Å². The van der Waals surface area contributed by atoms with Gasteiger partial charge < -0.3 is 9.67 Å². The monoisotopic (exact) mass is 270 g/mol. The molecular formula is C12H9F3N2O2. The summed E-state index contributed by atoms with van der Waals surface area (Å²) in [6.45, 7) is 1.69. The number of hydrogen-bond donors (Lipinski definition) is 1. The average Bonchev–Trinajstić information content (AvgIpc) is 2.73. The Bertz CT molecular complexity index is 632. The van der Waals surface area contributed by atoms with E-state index in [0.29, 0.717) is 5.69 Å². The smallest absolute Gasteiger partial charge is 0.418 e. The van der Waals surface area contributed by atoms with Gasteiger partial charge in [0.25, 0.3) is 0 Å². The van der Waals surface area contributed by atoms with Crippen LogP contribution in [0.4, 0.5) is 13.2 Å². The van der Waals surface area contributed by atoms with Crippen molar-refractivity contribution >= 4 is 5.97 Å². The van der Waals surface area contributed by atoms with Gasteiger partial charge in [0, 0.05) is 18.1 Å². The first kappa shape index (κ1) is 13.1. The van der Waals surface area contributed by atoms with Crippen molar-refractivity contribution in [1.82, 2.24) is 9.55 Å². The van der Waals surface area contributed by atoms with E-state index in [2.05, 4.69) is 4.98 Å². The van der Waals surface area contributed by atoms with Crippen molar-refractivity contribution < 1.29 is 23.1 Å². The predicted molar refractivity (Wildman–Crippen MR) is 60.3 cm³/mol. The molecule has 0 spiro atoms. The molecule has 7 heteroatoms. The van der Waals surface area contributed by atoms with Crippen molar-refractivity contribution in [3.05, 3.63) is 47.4 Å². The highest BCUT2D eigenvalue weighted by Gasteiger charge is 2.37. The summed E-state index contributed by atoms with van der Waals surface area (Å²) in [5, 5.41) is 8.81. The largest absolute Gasteiger partial charge is 0.478 e. The number of aromatic carboxylic acids is 1. The number of nitrogens with zero attached hydrogens (tertiary/aromatic N) is 2. The van der Waals surface area contributed by atoms with Gasteiger partial charge in [0.05, 0.1) is 11.1 Å². The van der Waals surface area contributed by atoms with E-state index >= 15 is 0 Å². The SMILES string of the molecule is Cc1cccc(-n2cc(C(=O)O)c(C(F)(F)F)c2)n1. The maximum atomic E-state index is 12.7. The zero-order valence-electron chi connectivity index (χ0n) is 9.77. The van der Waals surface area contributed by atoms with Crippen molar-refractivity contribution in [2.75, 3.05) is 0 Å². The van der Waals surface area contributed by atoms with E-state index in [1.807, 2.05) is 0 Å². The summed E-state index contributed by atoms with van der Waals surface area (Å²) < 4.78 is 39.2. The normalized spacial score (nSPS) is 11.6. The molecule has 19 heavy (non-hydrogen) atoms. The van der Waals surface area contributed by atoms with Crippen molar-refractivity contribution in [2.24, 2.45) is 0 Å². The second kappa shape index (κ2) is 4.42. The lowest BCUT2D eigenvalue weighted by Crippen LogP contribution is -2.09. The van der Waals surface area contributed by atoms with E-state index in [-0.39, 0.29) is 5.82 Å². The molecule has 0 aromatic carbocycles. The number of aromatic nitrogens is 2. The zero-order valence-corrected chi connectivity index (χ0v) is 9.77. The molecular weight excluding hydrogens is 261 g/mol. The van der Waals surface area contributed by atoms with Gasteiger partial charge in [-0.05, 0) is 19.1 Å². The zero-order chi connectivity index (χ0) is 14.2. The maximum Gasteiger partial charge on any atom is 0.418 e. The van der Waals surface area contributed by atoms with Crippen LogP contribution in [0.25, 0.3) is 5.82 Å². The van der Waals surface area contributed by atoms with E-state index < -0.39 is 23.3 Å². The van der Waals surface area contributed by atoms with Crippen LogP contribution in [0.1, 0.15) is 21.6 Å². The van der Waals surface area contributed by atoms with Crippen LogP contribution in [-0.2, 0) is 6.18 Å². The number of carboxylic acids is 1. The number of aryl methyl sites for hydroxylation is 1. The van der Waals surface area contributed by atoms with Gasteiger partial charge in [-0.2, -0.15) is 13.2 Å². The van der Waals surface area contributed by atoms with Crippen molar-refractivity contribution in [2.45, 2.75) is 13.1 Å². The van der Waals surface area contributed by atoms with Gasteiger partial charge in [-0.15, -0.1) is 0 Å². The Morgan fingerprint density at radius 3 is 2.47 bits per heavy atom. The molecule has 0 aliphatic heterocycles. The van der Waals surface area contributed by atoms with E-state index in [1.165, 1.54) is 6.07 Å². The van der Waals surface area contributed by atoms with Gasteiger partial charge in [-0.3, -0.25) is 0 Å². The van der Waals surface area contributed by atoms with Crippen molar-refractivity contribution in [1.29, 1.82) is 0 Å². The molecule has 0 saturated heterocycles. The Morgan fingerprint density at radius 1 is 1.32 bits per heavy atom. The molecule has 0 bridgehead atoms. The summed E-state index contributed by atoms with van der Waals surface area (Å²) in [6, 6.07) is 4.82. The molecule has 0 saturated carbocycles. The van der Waals surface area contributed by atoms with E-state index in [0.717, 1.165) is 17.0 Å². The number of pyridine rings is 1. The van der Waals surface area contributed by atoms with Crippen LogP contribution in [0.3, 0.4) is 0 Å². The number of carboxylic acid groups (broad SMARTS) is 1. The molecule has 2 aromatic rings. The number of alkyl halides is 3. The van der Waals surface area contributed by atoms with Crippen LogP contribution < -0.4 is 0 Å². The molecule has 2 heterocycles. The molecule has 100 valence electrons.